The van der Waals surface area contributed by atoms with Crippen molar-refractivity contribution in [3.8, 4) is 5.75 Å². The molecule has 1 heterocycles. The van der Waals surface area contributed by atoms with Crippen molar-refractivity contribution in [1.82, 2.24) is 5.32 Å². The highest BCUT2D eigenvalue weighted by Gasteiger charge is 2.13. The van der Waals surface area contributed by atoms with E-state index < -0.39 is 0 Å². The van der Waals surface area contributed by atoms with Crippen LogP contribution in [-0.2, 0) is 4.79 Å². The number of benzene rings is 1. The van der Waals surface area contributed by atoms with Crippen LogP contribution in [0, 0.1) is 0 Å². The van der Waals surface area contributed by atoms with E-state index in [-0.39, 0.29) is 5.91 Å². The van der Waals surface area contributed by atoms with Crippen molar-refractivity contribution in [2.75, 3.05) is 31.3 Å². The molecule has 2 N–H and O–H groups in total. The van der Waals surface area contributed by atoms with Gasteiger partial charge in [0.25, 0.3) is 0 Å². The Bertz CT molecular complexity index is 416. The van der Waals surface area contributed by atoms with Gasteiger partial charge in [-0.25, -0.2) is 0 Å². The van der Waals surface area contributed by atoms with E-state index in [1.54, 1.807) is 7.11 Å². The van der Waals surface area contributed by atoms with E-state index in [2.05, 4.69) is 10.6 Å². The molecule has 1 atom stereocenters. The number of anilines is 1. The molecule has 2 rings (SSSR count). The number of amides is 1. The summed E-state index contributed by atoms with van der Waals surface area (Å²) in [5.74, 6) is 2.04. The van der Waals surface area contributed by atoms with Crippen molar-refractivity contribution in [2.24, 2.45) is 0 Å². The smallest absolute Gasteiger partial charge is 0.238 e. The Morgan fingerprint density at radius 1 is 1.35 bits per heavy atom. The van der Waals surface area contributed by atoms with Crippen LogP contribution in [0.2, 0.25) is 0 Å². The van der Waals surface area contributed by atoms with Gasteiger partial charge >= 0.3 is 0 Å². The lowest BCUT2D eigenvalue weighted by Gasteiger charge is -2.21. The fraction of sp³-hybridized carbons (Fsp3) is 0.533. The molecule has 5 heteroatoms. The quantitative estimate of drug-likeness (QED) is 0.846. The van der Waals surface area contributed by atoms with E-state index >= 15 is 0 Å². The molecule has 0 bridgehead atoms. The predicted octanol–water partition coefficient (Wildman–Crippen LogP) is 2.51. The van der Waals surface area contributed by atoms with Crippen molar-refractivity contribution < 1.29 is 9.53 Å². The molecule has 1 amide bonds. The van der Waals surface area contributed by atoms with Gasteiger partial charge < -0.3 is 15.4 Å². The molecule has 1 aliphatic rings. The molecule has 20 heavy (non-hydrogen) atoms. The van der Waals surface area contributed by atoms with Crippen LogP contribution in [0.4, 0.5) is 5.69 Å². The monoisotopic (exact) mass is 294 g/mol. The summed E-state index contributed by atoms with van der Waals surface area (Å²) in [6.45, 7) is 1.28. The van der Waals surface area contributed by atoms with Gasteiger partial charge in [0.2, 0.25) is 5.91 Å². The lowest BCUT2D eigenvalue weighted by molar-refractivity contribution is -0.115. The van der Waals surface area contributed by atoms with Crippen molar-refractivity contribution in [1.29, 1.82) is 0 Å². The van der Waals surface area contributed by atoms with Gasteiger partial charge in [-0.3, -0.25) is 4.79 Å². The van der Waals surface area contributed by atoms with Gasteiger partial charge in [0, 0.05) is 17.5 Å². The number of ether oxygens (including phenoxy) is 1. The topological polar surface area (TPSA) is 50.4 Å². The second-order valence-electron chi connectivity index (χ2n) is 4.90. The van der Waals surface area contributed by atoms with Gasteiger partial charge in [0.1, 0.15) is 5.75 Å². The summed E-state index contributed by atoms with van der Waals surface area (Å²) in [6.07, 6.45) is 3.91. The van der Waals surface area contributed by atoms with Crippen LogP contribution in [0.3, 0.4) is 0 Å². The molecular formula is C15H22N2O2S. The second kappa shape index (κ2) is 8.17. The zero-order chi connectivity index (χ0) is 14.2. The lowest BCUT2D eigenvalue weighted by Crippen LogP contribution is -2.33. The summed E-state index contributed by atoms with van der Waals surface area (Å²) in [6, 6.07) is 7.35. The molecule has 0 aliphatic carbocycles. The summed E-state index contributed by atoms with van der Waals surface area (Å²) < 4.78 is 5.08. The highest BCUT2D eigenvalue weighted by molar-refractivity contribution is 7.99. The fourth-order valence-corrected chi connectivity index (χ4v) is 3.47. The number of carbonyl (C=O) groups is 1. The van der Waals surface area contributed by atoms with E-state index in [1.807, 2.05) is 36.0 Å². The summed E-state index contributed by atoms with van der Waals surface area (Å²) >= 11 is 2.01. The summed E-state index contributed by atoms with van der Waals surface area (Å²) in [7, 11) is 1.63. The standard InChI is InChI=1S/C15H22N2O2S/c1-19-13-7-5-12(6-8-13)17-15(18)11-16-10-14-4-2-3-9-20-14/h5-8,14,16H,2-4,9-11H2,1H3,(H,17,18). The van der Waals surface area contributed by atoms with Crippen molar-refractivity contribution >= 4 is 23.4 Å². The Balaban J connectivity index is 1.66. The first-order valence-corrected chi connectivity index (χ1v) is 8.09. The lowest BCUT2D eigenvalue weighted by atomic mass is 10.2. The molecular weight excluding hydrogens is 272 g/mol. The molecule has 4 nitrogen and oxygen atoms in total. The predicted molar refractivity (Wildman–Crippen MR) is 84.6 cm³/mol. The maximum atomic E-state index is 11.8. The van der Waals surface area contributed by atoms with Crippen LogP contribution in [0.25, 0.3) is 0 Å². The average molecular weight is 294 g/mol. The number of nitrogens with one attached hydrogen (secondary N) is 2. The van der Waals surface area contributed by atoms with E-state index in [4.69, 9.17) is 4.74 Å². The first-order valence-electron chi connectivity index (χ1n) is 7.04. The molecule has 0 spiro atoms. The Labute approximate surface area is 124 Å². The third kappa shape index (κ3) is 5.06. The molecule has 1 aromatic rings. The molecule has 1 saturated heterocycles. The molecule has 1 fully saturated rings. The van der Waals surface area contributed by atoms with Crippen LogP contribution in [-0.4, -0.2) is 37.1 Å². The van der Waals surface area contributed by atoms with Crippen LogP contribution < -0.4 is 15.4 Å². The minimum atomic E-state index is -0.00373. The van der Waals surface area contributed by atoms with Gasteiger partial charge in [-0.1, -0.05) is 6.42 Å². The van der Waals surface area contributed by atoms with Gasteiger partial charge in [-0.2, -0.15) is 11.8 Å². The molecule has 1 aliphatic heterocycles. The van der Waals surface area contributed by atoms with Gasteiger partial charge in [0.15, 0.2) is 0 Å². The van der Waals surface area contributed by atoms with Gasteiger partial charge in [-0.05, 0) is 42.9 Å². The van der Waals surface area contributed by atoms with Crippen molar-refractivity contribution in [2.45, 2.75) is 24.5 Å². The Morgan fingerprint density at radius 3 is 2.80 bits per heavy atom. The molecule has 110 valence electrons. The average Bonchev–Trinajstić information content (AvgIpc) is 2.49. The minimum absolute atomic E-state index is 0.00373. The van der Waals surface area contributed by atoms with Crippen LogP contribution >= 0.6 is 11.8 Å². The molecule has 0 radical (unpaired) electrons. The molecule has 0 saturated carbocycles. The third-order valence-electron chi connectivity index (χ3n) is 3.31. The number of hydrogen-bond donors (Lipinski definition) is 2. The van der Waals surface area contributed by atoms with Gasteiger partial charge in [-0.15, -0.1) is 0 Å². The van der Waals surface area contributed by atoms with Crippen molar-refractivity contribution in [3.63, 3.8) is 0 Å². The Hall–Kier alpha value is -1.20. The summed E-state index contributed by atoms with van der Waals surface area (Å²) in [5.41, 5.74) is 0.796. The van der Waals surface area contributed by atoms with Crippen LogP contribution in [0.1, 0.15) is 19.3 Å². The SMILES string of the molecule is COc1ccc(NC(=O)CNCC2CCCCS2)cc1. The molecule has 1 aromatic carbocycles. The zero-order valence-electron chi connectivity index (χ0n) is 11.9. The van der Waals surface area contributed by atoms with E-state index in [0.717, 1.165) is 18.0 Å². The largest absolute Gasteiger partial charge is 0.497 e. The fourth-order valence-electron chi connectivity index (χ4n) is 2.19. The normalized spacial score (nSPS) is 18.6. The maximum absolute atomic E-state index is 11.8. The van der Waals surface area contributed by atoms with E-state index in [1.165, 1.54) is 25.0 Å². The van der Waals surface area contributed by atoms with E-state index in [9.17, 15) is 4.79 Å². The van der Waals surface area contributed by atoms with Gasteiger partial charge in [0.05, 0.1) is 13.7 Å². The first kappa shape index (κ1) is 15.2. The Morgan fingerprint density at radius 2 is 2.15 bits per heavy atom. The summed E-state index contributed by atoms with van der Waals surface area (Å²) in [4.78, 5) is 11.8. The third-order valence-corrected chi connectivity index (χ3v) is 4.70. The van der Waals surface area contributed by atoms with Crippen LogP contribution in [0.15, 0.2) is 24.3 Å². The number of hydrogen-bond acceptors (Lipinski definition) is 4. The first-order chi connectivity index (χ1) is 9.78. The maximum Gasteiger partial charge on any atom is 0.238 e. The minimum Gasteiger partial charge on any atom is -0.497 e. The highest BCUT2D eigenvalue weighted by atomic mass is 32.2. The Kier molecular flexibility index (Phi) is 6.21. The molecule has 1 unspecified atom stereocenters. The molecule has 0 aromatic heterocycles. The number of carbonyl (C=O) groups excluding carboxylic acids is 1. The second-order valence-corrected chi connectivity index (χ2v) is 6.30. The zero-order valence-corrected chi connectivity index (χ0v) is 12.7. The number of rotatable bonds is 6. The van der Waals surface area contributed by atoms with E-state index in [0.29, 0.717) is 11.8 Å². The van der Waals surface area contributed by atoms with Crippen molar-refractivity contribution in [3.05, 3.63) is 24.3 Å². The highest BCUT2D eigenvalue weighted by Crippen LogP contribution is 2.24. The number of thioether (sulfide) groups is 1. The number of methoxy groups -OCH3 is 1. The van der Waals surface area contributed by atoms with Crippen LogP contribution in [0.5, 0.6) is 5.75 Å². The summed E-state index contributed by atoms with van der Waals surface area (Å²) in [5, 5.41) is 6.77.